The van der Waals surface area contributed by atoms with Crippen molar-refractivity contribution in [2.45, 2.75) is 38.1 Å². The van der Waals surface area contributed by atoms with Gasteiger partial charge in [-0.1, -0.05) is 0 Å². The van der Waals surface area contributed by atoms with Gasteiger partial charge in [-0.15, -0.1) is 0 Å². The van der Waals surface area contributed by atoms with E-state index in [0.29, 0.717) is 11.9 Å². The predicted octanol–water partition coefficient (Wildman–Crippen LogP) is 0.405. The highest BCUT2D eigenvalue weighted by Gasteiger charge is 2.26. The second-order valence-electron chi connectivity index (χ2n) is 5.51. The molecular formula is C13H22N6O. The van der Waals surface area contributed by atoms with E-state index in [0.717, 1.165) is 38.9 Å². The Hall–Kier alpha value is -1.63. The maximum Gasteiger partial charge on any atom is 0.232 e. The summed E-state index contributed by atoms with van der Waals surface area (Å²) in [6.45, 7) is 2.96. The Labute approximate surface area is 118 Å². The van der Waals surface area contributed by atoms with Gasteiger partial charge in [0.2, 0.25) is 17.8 Å². The lowest BCUT2D eigenvalue weighted by molar-refractivity contribution is 0.239. The van der Waals surface area contributed by atoms with Gasteiger partial charge >= 0.3 is 0 Å². The molecule has 7 nitrogen and oxygen atoms in total. The molecule has 0 bridgehead atoms. The minimum Gasteiger partial charge on any atom is -0.394 e. The van der Waals surface area contributed by atoms with E-state index in [-0.39, 0.29) is 18.6 Å². The van der Waals surface area contributed by atoms with Crippen LogP contribution in [0.1, 0.15) is 32.1 Å². The molecule has 1 aromatic heterocycles. The first-order valence-corrected chi connectivity index (χ1v) is 7.42. The SMILES string of the molecule is Nc1nc(N2CCCC2)nc(N2CCCCC2CO)n1. The van der Waals surface area contributed by atoms with Crippen LogP contribution in [0.2, 0.25) is 0 Å². The number of hydrogen-bond acceptors (Lipinski definition) is 7. The van der Waals surface area contributed by atoms with E-state index < -0.39 is 0 Å². The fourth-order valence-electron chi connectivity index (χ4n) is 3.01. The Morgan fingerprint density at radius 3 is 2.45 bits per heavy atom. The van der Waals surface area contributed by atoms with Crippen molar-refractivity contribution in [3.63, 3.8) is 0 Å². The van der Waals surface area contributed by atoms with Crippen LogP contribution in [0.25, 0.3) is 0 Å². The van der Waals surface area contributed by atoms with Crippen LogP contribution in [-0.2, 0) is 0 Å². The van der Waals surface area contributed by atoms with E-state index in [9.17, 15) is 5.11 Å². The predicted molar refractivity (Wildman–Crippen MR) is 77.8 cm³/mol. The Kier molecular flexibility index (Phi) is 3.86. The highest BCUT2D eigenvalue weighted by atomic mass is 16.3. The highest BCUT2D eigenvalue weighted by Crippen LogP contribution is 2.24. The smallest absolute Gasteiger partial charge is 0.232 e. The molecule has 20 heavy (non-hydrogen) atoms. The lowest BCUT2D eigenvalue weighted by Gasteiger charge is -2.34. The van der Waals surface area contributed by atoms with Gasteiger partial charge in [0.1, 0.15) is 0 Å². The Morgan fingerprint density at radius 1 is 1.00 bits per heavy atom. The Morgan fingerprint density at radius 2 is 1.70 bits per heavy atom. The van der Waals surface area contributed by atoms with Gasteiger partial charge in [-0.05, 0) is 32.1 Å². The molecule has 1 atom stereocenters. The third kappa shape index (κ3) is 2.63. The van der Waals surface area contributed by atoms with Gasteiger partial charge in [0.05, 0.1) is 12.6 Å². The average molecular weight is 278 g/mol. The summed E-state index contributed by atoms with van der Waals surface area (Å²) in [5.74, 6) is 1.55. The largest absolute Gasteiger partial charge is 0.394 e. The zero-order valence-electron chi connectivity index (χ0n) is 11.7. The minimum atomic E-state index is 0.0944. The number of nitrogens with two attached hydrogens (primary N) is 1. The highest BCUT2D eigenvalue weighted by molar-refractivity contribution is 5.45. The molecule has 2 aliphatic heterocycles. The zero-order chi connectivity index (χ0) is 13.9. The molecule has 3 heterocycles. The van der Waals surface area contributed by atoms with Gasteiger partial charge in [0.15, 0.2) is 0 Å². The molecular weight excluding hydrogens is 256 g/mol. The van der Waals surface area contributed by atoms with Crippen LogP contribution in [0.4, 0.5) is 17.8 Å². The van der Waals surface area contributed by atoms with Gasteiger partial charge in [-0.3, -0.25) is 0 Å². The fourth-order valence-corrected chi connectivity index (χ4v) is 3.01. The molecule has 0 radical (unpaired) electrons. The van der Waals surface area contributed by atoms with Crippen LogP contribution in [0.15, 0.2) is 0 Å². The Balaban J connectivity index is 1.87. The summed E-state index contributed by atoms with van der Waals surface area (Å²) in [5, 5.41) is 9.52. The molecule has 0 spiro atoms. The maximum absolute atomic E-state index is 9.52. The number of nitrogens with zero attached hydrogens (tertiary/aromatic N) is 5. The van der Waals surface area contributed by atoms with Crippen molar-refractivity contribution in [1.29, 1.82) is 0 Å². The maximum atomic E-state index is 9.52. The van der Waals surface area contributed by atoms with Crippen LogP contribution in [0, 0.1) is 0 Å². The van der Waals surface area contributed by atoms with Crippen molar-refractivity contribution in [3.05, 3.63) is 0 Å². The average Bonchev–Trinajstić information content (AvgIpc) is 3.01. The monoisotopic (exact) mass is 278 g/mol. The molecule has 1 unspecified atom stereocenters. The summed E-state index contributed by atoms with van der Waals surface area (Å²) in [6, 6.07) is 0.0944. The van der Waals surface area contributed by atoms with Crippen molar-refractivity contribution >= 4 is 17.8 Å². The van der Waals surface area contributed by atoms with Crippen LogP contribution in [0.5, 0.6) is 0 Å². The van der Waals surface area contributed by atoms with Crippen molar-refractivity contribution in [3.8, 4) is 0 Å². The molecule has 110 valence electrons. The first kappa shape index (κ1) is 13.4. The molecule has 0 amide bonds. The van der Waals surface area contributed by atoms with Crippen molar-refractivity contribution in [1.82, 2.24) is 15.0 Å². The van der Waals surface area contributed by atoms with Gasteiger partial charge < -0.3 is 20.6 Å². The summed E-state index contributed by atoms with van der Waals surface area (Å²) in [4.78, 5) is 17.3. The van der Waals surface area contributed by atoms with Gasteiger partial charge in [0, 0.05) is 19.6 Å². The molecule has 0 saturated carbocycles. The number of aliphatic hydroxyl groups excluding tert-OH is 1. The van der Waals surface area contributed by atoms with Gasteiger partial charge in [-0.2, -0.15) is 15.0 Å². The van der Waals surface area contributed by atoms with E-state index in [1.54, 1.807) is 0 Å². The number of rotatable bonds is 3. The topological polar surface area (TPSA) is 91.4 Å². The van der Waals surface area contributed by atoms with Gasteiger partial charge in [0.25, 0.3) is 0 Å². The third-order valence-corrected chi connectivity index (χ3v) is 4.11. The molecule has 7 heteroatoms. The van der Waals surface area contributed by atoms with E-state index in [1.165, 1.54) is 12.8 Å². The molecule has 3 rings (SSSR count). The summed E-state index contributed by atoms with van der Waals surface area (Å²) in [6.07, 6.45) is 5.55. The molecule has 0 aliphatic carbocycles. The molecule has 1 aromatic rings. The number of piperidine rings is 1. The number of nitrogen functional groups attached to an aromatic ring is 1. The number of aromatic nitrogens is 3. The Bertz CT molecular complexity index is 462. The number of hydrogen-bond donors (Lipinski definition) is 2. The van der Waals surface area contributed by atoms with Crippen LogP contribution in [-0.4, -0.2) is 52.3 Å². The number of anilines is 3. The normalized spacial score (nSPS) is 23.4. The summed E-state index contributed by atoms with van der Waals surface area (Å²) in [7, 11) is 0. The molecule has 3 N–H and O–H groups in total. The molecule has 0 aromatic carbocycles. The van der Waals surface area contributed by atoms with Crippen LogP contribution < -0.4 is 15.5 Å². The van der Waals surface area contributed by atoms with Crippen LogP contribution >= 0.6 is 0 Å². The van der Waals surface area contributed by atoms with Crippen molar-refractivity contribution in [2.75, 3.05) is 41.8 Å². The van der Waals surface area contributed by atoms with Crippen molar-refractivity contribution in [2.24, 2.45) is 0 Å². The van der Waals surface area contributed by atoms with Crippen molar-refractivity contribution < 1.29 is 5.11 Å². The third-order valence-electron chi connectivity index (χ3n) is 4.11. The summed E-state index contributed by atoms with van der Waals surface area (Å²) >= 11 is 0. The van der Waals surface area contributed by atoms with E-state index in [4.69, 9.17) is 5.73 Å². The first-order valence-electron chi connectivity index (χ1n) is 7.42. The fraction of sp³-hybridized carbons (Fsp3) is 0.769. The minimum absolute atomic E-state index is 0.0944. The van der Waals surface area contributed by atoms with Crippen LogP contribution in [0.3, 0.4) is 0 Å². The lowest BCUT2D eigenvalue weighted by Crippen LogP contribution is -2.43. The molecule has 2 saturated heterocycles. The van der Waals surface area contributed by atoms with Gasteiger partial charge in [-0.25, -0.2) is 0 Å². The second-order valence-corrected chi connectivity index (χ2v) is 5.51. The quantitative estimate of drug-likeness (QED) is 0.827. The summed E-state index contributed by atoms with van der Waals surface area (Å²) in [5.41, 5.74) is 5.84. The lowest BCUT2D eigenvalue weighted by atomic mass is 10.0. The van der Waals surface area contributed by atoms with E-state index in [2.05, 4.69) is 24.8 Å². The second kappa shape index (κ2) is 5.78. The standard InChI is InChI=1S/C13H22N6O/c14-11-15-12(18-6-3-4-7-18)17-13(16-11)19-8-2-1-5-10(19)9-20/h10,20H,1-9H2,(H2,14,15,16,17). The molecule has 2 aliphatic rings. The van der Waals surface area contributed by atoms with E-state index >= 15 is 0 Å². The van der Waals surface area contributed by atoms with E-state index in [1.807, 2.05) is 0 Å². The first-order chi connectivity index (χ1) is 9.78. The summed E-state index contributed by atoms with van der Waals surface area (Å²) < 4.78 is 0. The molecule has 2 fully saturated rings. The zero-order valence-corrected chi connectivity index (χ0v) is 11.7. The number of aliphatic hydroxyl groups is 1.